The van der Waals surface area contributed by atoms with Gasteiger partial charge >= 0.3 is 0 Å². The normalized spacial score (nSPS) is 17.4. The van der Waals surface area contributed by atoms with Gasteiger partial charge in [-0.2, -0.15) is 0 Å². The molecule has 0 aromatic heterocycles. The van der Waals surface area contributed by atoms with E-state index in [0.717, 1.165) is 16.7 Å². The SMILES string of the molecule is O=C(COc1ccc(/C=C2\SC(=O)N(Cc3ccccc3[N+](=O)[O-])C2=O)cc1)N1CCOCC1. The van der Waals surface area contributed by atoms with Crippen molar-refractivity contribution in [2.45, 2.75) is 6.54 Å². The summed E-state index contributed by atoms with van der Waals surface area (Å²) in [5, 5.41) is 10.7. The van der Waals surface area contributed by atoms with Crippen molar-refractivity contribution in [2.75, 3.05) is 32.9 Å². The number of nitro groups is 1. The van der Waals surface area contributed by atoms with Crippen LogP contribution in [0.25, 0.3) is 6.08 Å². The van der Waals surface area contributed by atoms with Crippen LogP contribution in [0.3, 0.4) is 0 Å². The quantitative estimate of drug-likeness (QED) is 0.335. The van der Waals surface area contributed by atoms with Crippen LogP contribution < -0.4 is 4.74 Å². The Hall–Kier alpha value is -3.70. The molecule has 0 bridgehead atoms. The number of imide groups is 1. The molecular weight excluding hydrogens is 462 g/mol. The number of para-hydroxylation sites is 1. The molecule has 2 saturated heterocycles. The van der Waals surface area contributed by atoms with Gasteiger partial charge in [-0.1, -0.05) is 30.3 Å². The first kappa shape index (κ1) is 23.5. The Morgan fingerprint density at radius 3 is 2.53 bits per heavy atom. The van der Waals surface area contributed by atoms with Gasteiger partial charge in [-0.15, -0.1) is 0 Å². The lowest BCUT2D eigenvalue weighted by Crippen LogP contribution is -2.42. The maximum absolute atomic E-state index is 12.8. The van der Waals surface area contributed by atoms with E-state index in [1.165, 1.54) is 18.2 Å². The van der Waals surface area contributed by atoms with Crippen LogP contribution in [0.4, 0.5) is 10.5 Å². The monoisotopic (exact) mass is 483 g/mol. The van der Waals surface area contributed by atoms with Gasteiger partial charge in [0.15, 0.2) is 6.61 Å². The molecule has 2 aromatic rings. The van der Waals surface area contributed by atoms with Crippen LogP contribution in [0.5, 0.6) is 5.75 Å². The third-order valence-electron chi connectivity index (χ3n) is 5.29. The van der Waals surface area contributed by atoms with Crippen molar-refractivity contribution in [3.05, 3.63) is 74.7 Å². The van der Waals surface area contributed by atoms with Crippen molar-refractivity contribution in [3.63, 3.8) is 0 Å². The highest BCUT2D eigenvalue weighted by Crippen LogP contribution is 2.34. The van der Waals surface area contributed by atoms with Crippen molar-refractivity contribution in [1.29, 1.82) is 0 Å². The zero-order valence-electron chi connectivity index (χ0n) is 18.0. The second-order valence-corrected chi connectivity index (χ2v) is 8.50. The van der Waals surface area contributed by atoms with Gasteiger partial charge in [0, 0.05) is 24.7 Å². The van der Waals surface area contributed by atoms with Crippen molar-refractivity contribution in [2.24, 2.45) is 0 Å². The number of rotatable bonds is 7. The molecule has 0 atom stereocenters. The zero-order valence-corrected chi connectivity index (χ0v) is 18.9. The number of ether oxygens (including phenoxy) is 2. The minimum Gasteiger partial charge on any atom is -0.484 e. The van der Waals surface area contributed by atoms with E-state index in [2.05, 4.69) is 0 Å². The van der Waals surface area contributed by atoms with Crippen LogP contribution in [-0.2, 0) is 20.9 Å². The van der Waals surface area contributed by atoms with Gasteiger partial charge in [-0.25, -0.2) is 0 Å². The van der Waals surface area contributed by atoms with E-state index in [1.807, 2.05) is 0 Å². The Labute approximate surface area is 199 Å². The smallest absolute Gasteiger partial charge is 0.293 e. The fraction of sp³-hybridized carbons (Fsp3) is 0.261. The molecule has 2 aliphatic heterocycles. The third-order valence-corrected chi connectivity index (χ3v) is 6.20. The number of carbonyl (C=O) groups excluding carboxylic acids is 3. The lowest BCUT2D eigenvalue weighted by Gasteiger charge is -2.26. The maximum Gasteiger partial charge on any atom is 0.293 e. The summed E-state index contributed by atoms with van der Waals surface area (Å²) in [4.78, 5) is 50.9. The number of thioether (sulfide) groups is 1. The molecule has 0 unspecified atom stereocenters. The molecule has 11 heteroatoms. The molecule has 0 saturated carbocycles. The van der Waals surface area contributed by atoms with Gasteiger partial charge in [-0.3, -0.25) is 29.4 Å². The molecule has 10 nitrogen and oxygen atoms in total. The van der Waals surface area contributed by atoms with Crippen LogP contribution in [0.1, 0.15) is 11.1 Å². The van der Waals surface area contributed by atoms with Crippen molar-refractivity contribution in [3.8, 4) is 5.75 Å². The number of nitro benzene ring substituents is 1. The summed E-state index contributed by atoms with van der Waals surface area (Å²) >= 11 is 0.781. The van der Waals surface area contributed by atoms with E-state index in [1.54, 1.807) is 41.3 Å². The Balaban J connectivity index is 1.38. The molecule has 2 aliphatic rings. The highest BCUT2D eigenvalue weighted by Gasteiger charge is 2.36. The average molecular weight is 484 g/mol. The summed E-state index contributed by atoms with van der Waals surface area (Å²) in [7, 11) is 0. The molecule has 34 heavy (non-hydrogen) atoms. The number of hydrogen-bond donors (Lipinski definition) is 0. The molecule has 0 aliphatic carbocycles. The number of amides is 3. The Morgan fingerprint density at radius 2 is 1.82 bits per heavy atom. The molecule has 3 amide bonds. The van der Waals surface area contributed by atoms with E-state index < -0.39 is 16.1 Å². The molecule has 0 radical (unpaired) electrons. The summed E-state index contributed by atoms with van der Waals surface area (Å²) in [6.07, 6.45) is 1.58. The summed E-state index contributed by atoms with van der Waals surface area (Å²) < 4.78 is 10.8. The van der Waals surface area contributed by atoms with Crippen molar-refractivity contribution in [1.82, 2.24) is 9.80 Å². The third kappa shape index (κ3) is 5.43. The van der Waals surface area contributed by atoms with E-state index in [4.69, 9.17) is 9.47 Å². The van der Waals surface area contributed by atoms with E-state index >= 15 is 0 Å². The van der Waals surface area contributed by atoms with Crippen molar-refractivity contribution < 1.29 is 28.8 Å². The molecule has 2 aromatic carbocycles. The lowest BCUT2D eigenvalue weighted by molar-refractivity contribution is -0.385. The van der Waals surface area contributed by atoms with Crippen LogP contribution in [0.2, 0.25) is 0 Å². The van der Waals surface area contributed by atoms with Gasteiger partial charge < -0.3 is 14.4 Å². The Kier molecular flexibility index (Phi) is 7.24. The molecule has 0 N–H and O–H groups in total. The first-order valence-electron chi connectivity index (χ1n) is 10.5. The van der Waals surface area contributed by atoms with Gasteiger partial charge in [-0.05, 0) is 35.5 Å². The highest BCUT2D eigenvalue weighted by atomic mass is 32.2. The van der Waals surface area contributed by atoms with Crippen molar-refractivity contribution >= 4 is 40.6 Å². The number of morpholine rings is 1. The molecule has 0 spiro atoms. The van der Waals surface area contributed by atoms with Gasteiger partial charge in [0.25, 0.3) is 22.7 Å². The Bertz CT molecular complexity index is 1140. The minimum absolute atomic E-state index is 0.0795. The molecule has 2 heterocycles. The standard InChI is InChI=1S/C23H21N3O7S/c27-21(24-9-11-32-12-10-24)15-33-18-7-5-16(6-8-18)13-20-22(28)25(23(29)34-20)14-17-3-1-2-4-19(17)26(30)31/h1-8,13H,9-12,14-15H2/b20-13-. The predicted octanol–water partition coefficient (Wildman–Crippen LogP) is 3.07. The minimum atomic E-state index is -0.539. The maximum atomic E-state index is 12.8. The van der Waals surface area contributed by atoms with Gasteiger partial charge in [0.2, 0.25) is 0 Å². The second-order valence-electron chi connectivity index (χ2n) is 7.50. The molecule has 4 rings (SSSR count). The first-order valence-corrected chi connectivity index (χ1v) is 11.3. The highest BCUT2D eigenvalue weighted by molar-refractivity contribution is 8.18. The van der Waals surface area contributed by atoms with Crippen LogP contribution in [-0.4, -0.2) is 64.7 Å². The fourth-order valence-corrected chi connectivity index (χ4v) is 4.33. The summed E-state index contributed by atoms with van der Waals surface area (Å²) in [5.74, 6) is -0.118. The average Bonchev–Trinajstić information content (AvgIpc) is 3.11. The Morgan fingerprint density at radius 1 is 1.12 bits per heavy atom. The fourth-order valence-electron chi connectivity index (χ4n) is 3.49. The number of benzene rings is 2. The van der Waals surface area contributed by atoms with Crippen LogP contribution in [0.15, 0.2) is 53.4 Å². The van der Waals surface area contributed by atoms with E-state index in [9.17, 15) is 24.5 Å². The first-order chi connectivity index (χ1) is 16.4. The summed E-state index contributed by atoms with van der Waals surface area (Å²) in [5.41, 5.74) is 0.806. The van der Waals surface area contributed by atoms with Gasteiger partial charge in [0.05, 0.1) is 29.6 Å². The van der Waals surface area contributed by atoms with Gasteiger partial charge in [0.1, 0.15) is 5.75 Å². The van der Waals surface area contributed by atoms with E-state index in [0.29, 0.717) is 37.6 Å². The van der Waals surface area contributed by atoms with Crippen LogP contribution in [0, 0.1) is 10.1 Å². The predicted molar refractivity (Wildman–Crippen MR) is 124 cm³/mol. The lowest BCUT2D eigenvalue weighted by atomic mass is 10.1. The van der Waals surface area contributed by atoms with E-state index in [-0.39, 0.29) is 35.2 Å². The number of hydrogen-bond acceptors (Lipinski definition) is 8. The molecule has 176 valence electrons. The topological polar surface area (TPSA) is 119 Å². The van der Waals surface area contributed by atoms with Crippen LogP contribution >= 0.6 is 11.8 Å². The summed E-state index contributed by atoms with van der Waals surface area (Å²) in [6, 6.07) is 12.8. The summed E-state index contributed by atoms with van der Waals surface area (Å²) in [6.45, 7) is 1.89. The second kappa shape index (κ2) is 10.5. The number of carbonyl (C=O) groups is 3. The zero-order chi connectivity index (χ0) is 24.1. The molecule has 2 fully saturated rings. The number of nitrogens with zero attached hydrogens (tertiary/aromatic N) is 3. The largest absolute Gasteiger partial charge is 0.484 e. The molecular formula is C23H21N3O7S.